The SMILES string of the molecule is CCCCc1nc(N)c2[nH]c(C)c(CCCCN3CCCCCC3)c2n1. The van der Waals surface area contributed by atoms with Gasteiger partial charge in [-0.2, -0.15) is 0 Å². The van der Waals surface area contributed by atoms with Crippen molar-refractivity contribution in [3.05, 3.63) is 17.1 Å². The van der Waals surface area contributed by atoms with Gasteiger partial charge in [-0.05, 0) is 70.6 Å². The van der Waals surface area contributed by atoms with E-state index in [1.54, 1.807) is 0 Å². The number of hydrogen-bond donors (Lipinski definition) is 2. The second-order valence-corrected chi connectivity index (χ2v) is 7.79. The van der Waals surface area contributed by atoms with Gasteiger partial charge < -0.3 is 15.6 Å². The average molecular weight is 358 g/mol. The van der Waals surface area contributed by atoms with Gasteiger partial charge in [-0.25, -0.2) is 9.97 Å². The minimum atomic E-state index is 0.597. The highest BCUT2D eigenvalue weighted by Crippen LogP contribution is 2.26. The first-order valence-corrected chi connectivity index (χ1v) is 10.5. The maximum Gasteiger partial charge on any atom is 0.151 e. The lowest BCUT2D eigenvalue weighted by Gasteiger charge is -2.19. The number of nitrogens with zero attached hydrogens (tertiary/aromatic N) is 3. The normalized spacial score (nSPS) is 16.2. The molecule has 26 heavy (non-hydrogen) atoms. The van der Waals surface area contributed by atoms with E-state index in [1.165, 1.54) is 69.4 Å². The van der Waals surface area contributed by atoms with Gasteiger partial charge >= 0.3 is 0 Å². The predicted molar refractivity (Wildman–Crippen MR) is 109 cm³/mol. The van der Waals surface area contributed by atoms with E-state index in [0.717, 1.165) is 42.5 Å². The molecule has 0 saturated carbocycles. The molecular weight excluding hydrogens is 322 g/mol. The molecule has 2 aromatic heterocycles. The van der Waals surface area contributed by atoms with Crippen molar-refractivity contribution in [2.75, 3.05) is 25.4 Å². The Bertz CT molecular complexity index is 698. The summed E-state index contributed by atoms with van der Waals surface area (Å²) in [6.45, 7) is 8.14. The fourth-order valence-electron chi connectivity index (χ4n) is 4.06. The number of likely N-dealkylation sites (tertiary alicyclic amines) is 1. The molecule has 1 fully saturated rings. The lowest BCUT2D eigenvalue weighted by Crippen LogP contribution is -2.25. The number of nitrogens with two attached hydrogens (primary N) is 1. The summed E-state index contributed by atoms with van der Waals surface area (Å²) in [5.74, 6) is 1.49. The molecule has 5 nitrogen and oxygen atoms in total. The second-order valence-electron chi connectivity index (χ2n) is 7.79. The van der Waals surface area contributed by atoms with Gasteiger partial charge in [-0.15, -0.1) is 0 Å². The van der Waals surface area contributed by atoms with Crippen LogP contribution < -0.4 is 5.73 Å². The number of hydrogen-bond acceptors (Lipinski definition) is 4. The Morgan fingerprint density at radius 2 is 1.77 bits per heavy atom. The van der Waals surface area contributed by atoms with Crippen molar-refractivity contribution in [2.24, 2.45) is 0 Å². The molecule has 1 saturated heterocycles. The summed E-state index contributed by atoms with van der Waals surface area (Å²) in [6, 6.07) is 0. The summed E-state index contributed by atoms with van der Waals surface area (Å²) in [7, 11) is 0. The highest BCUT2D eigenvalue weighted by Gasteiger charge is 2.15. The first-order chi connectivity index (χ1) is 12.7. The molecule has 2 aromatic rings. The summed E-state index contributed by atoms with van der Waals surface area (Å²) in [4.78, 5) is 15.4. The van der Waals surface area contributed by atoms with Crippen LogP contribution in [0.4, 0.5) is 5.82 Å². The molecule has 1 aliphatic rings. The van der Waals surface area contributed by atoms with Gasteiger partial charge in [-0.3, -0.25) is 0 Å². The largest absolute Gasteiger partial charge is 0.382 e. The summed E-state index contributed by atoms with van der Waals surface area (Å²) in [5, 5.41) is 0. The van der Waals surface area contributed by atoms with Crippen molar-refractivity contribution in [1.29, 1.82) is 0 Å². The van der Waals surface area contributed by atoms with E-state index in [-0.39, 0.29) is 0 Å². The lowest BCUT2D eigenvalue weighted by molar-refractivity contribution is 0.279. The molecule has 0 atom stereocenters. The number of rotatable bonds is 8. The van der Waals surface area contributed by atoms with Crippen molar-refractivity contribution in [3.63, 3.8) is 0 Å². The van der Waals surface area contributed by atoms with E-state index in [1.807, 2.05) is 0 Å². The van der Waals surface area contributed by atoms with Crippen LogP contribution in [0.3, 0.4) is 0 Å². The van der Waals surface area contributed by atoms with Crippen molar-refractivity contribution in [3.8, 4) is 0 Å². The third kappa shape index (κ3) is 4.76. The van der Waals surface area contributed by atoms with Gasteiger partial charge in [0.05, 0.1) is 5.52 Å². The van der Waals surface area contributed by atoms with Gasteiger partial charge in [0.15, 0.2) is 5.82 Å². The molecule has 0 amide bonds. The van der Waals surface area contributed by atoms with E-state index >= 15 is 0 Å². The number of unbranched alkanes of at least 4 members (excludes halogenated alkanes) is 2. The Balaban J connectivity index is 1.63. The Hall–Kier alpha value is -1.62. The van der Waals surface area contributed by atoms with E-state index in [0.29, 0.717) is 5.82 Å². The molecule has 0 aromatic carbocycles. The van der Waals surface area contributed by atoms with Crippen LogP contribution in [-0.2, 0) is 12.8 Å². The number of anilines is 1. The van der Waals surface area contributed by atoms with Gasteiger partial charge in [0.2, 0.25) is 0 Å². The molecular formula is C21H35N5. The smallest absolute Gasteiger partial charge is 0.151 e. The minimum absolute atomic E-state index is 0.597. The maximum atomic E-state index is 6.19. The molecule has 3 heterocycles. The van der Waals surface area contributed by atoms with Crippen molar-refractivity contribution in [1.82, 2.24) is 19.9 Å². The molecule has 0 bridgehead atoms. The van der Waals surface area contributed by atoms with E-state index in [2.05, 4.69) is 28.7 Å². The Labute approximate surface area is 157 Å². The molecule has 3 N–H and O–H groups in total. The number of fused-ring (bicyclic) bond motifs is 1. The van der Waals surface area contributed by atoms with Crippen LogP contribution >= 0.6 is 0 Å². The molecule has 5 heteroatoms. The van der Waals surface area contributed by atoms with Crippen LogP contribution in [0.1, 0.15) is 75.4 Å². The Morgan fingerprint density at radius 3 is 2.50 bits per heavy atom. The maximum absolute atomic E-state index is 6.19. The predicted octanol–water partition coefficient (Wildman–Crippen LogP) is 4.39. The van der Waals surface area contributed by atoms with Crippen molar-refractivity contribution < 1.29 is 0 Å². The topological polar surface area (TPSA) is 70.8 Å². The molecule has 144 valence electrons. The fraction of sp³-hybridized carbons (Fsp3) is 0.714. The molecule has 0 spiro atoms. The van der Waals surface area contributed by atoms with Gasteiger partial charge in [0, 0.05) is 12.1 Å². The molecule has 0 aliphatic carbocycles. The van der Waals surface area contributed by atoms with Gasteiger partial charge in [0.25, 0.3) is 0 Å². The molecule has 1 aliphatic heterocycles. The Morgan fingerprint density at radius 1 is 1.00 bits per heavy atom. The zero-order valence-electron chi connectivity index (χ0n) is 16.6. The third-order valence-electron chi connectivity index (χ3n) is 5.64. The standard InChI is InChI=1S/C21H35N5/c1-3-4-12-18-24-19-17(16(2)23-20(19)21(22)25-18)11-7-10-15-26-13-8-5-6-9-14-26/h23H,3-15H2,1-2H3,(H2,22,24,25). The van der Waals surface area contributed by atoms with Crippen LogP contribution in [0.15, 0.2) is 0 Å². The van der Waals surface area contributed by atoms with E-state index in [9.17, 15) is 0 Å². The summed E-state index contributed by atoms with van der Waals surface area (Å²) >= 11 is 0. The number of nitrogen functional groups attached to an aromatic ring is 1. The van der Waals surface area contributed by atoms with Gasteiger partial charge in [0.1, 0.15) is 11.3 Å². The highest BCUT2D eigenvalue weighted by molar-refractivity contribution is 5.88. The minimum Gasteiger partial charge on any atom is -0.382 e. The first-order valence-electron chi connectivity index (χ1n) is 10.5. The zero-order chi connectivity index (χ0) is 18.4. The number of aromatic nitrogens is 3. The summed E-state index contributed by atoms with van der Waals surface area (Å²) in [5.41, 5.74) is 10.7. The highest BCUT2D eigenvalue weighted by atomic mass is 15.1. The zero-order valence-corrected chi connectivity index (χ0v) is 16.6. The van der Waals surface area contributed by atoms with Crippen molar-refractivity contribution in [2.45, 2.75) is 78.1 Å². The van der Waals surface area contributed by atoms with Crippen LogP contribution in [0.25, 0.3) is 11.0 Å². The molecule has 0 unspecified atom stereocenters. The number of aromatic amines is 1. The van der Waals surface area contributed by atoms with Crippen LogP contribution in [0.2, 0.25) is 0 Å². The monoisotopic (exact) mass is 357 g/mol. The third-order valence-corrected chi connectivity index (χ3v) is 5.64. The van der Waals surface area contributed by atoms with E-state index in [4.69, 9.17) is 10.7 Å². The van der Waals surface area contributed by atoms with Crippen LogP contribution in [-0.4, -0.2) is 39.5 Å². The molecule has 0 radical (unpaired) electrons. The second kappa shape index (κ2) is 9.36. The van der Waals surface area contributed by atoms with Crippen molar-refractivity contribution >= 4 is 16.9 Å². The summed E-state index contributed by atoms with van der Waals surface area (Å²) < 4.78 is 0. The lowest BCUT2D eigenvalue weighted by atomic mass is 10.1. The van der Waals surface area contributed by atoms with Crippen LogP contribution in [0.5, 0.6) is 0 Å². The van der Waals surface area contributed by atoms with Crippen LogP contribution in [0, 0.1) is 6.92 Å². The number of H-pyrrole nitrogens is 1. The Kier molecular flexibility index (Phi) is 6.89. The first kappa shape index (κ1) is 19.2. The van der Waals surface area contributed by atoms with Gasteiger partial charge in [-0.1, -0.05) is 26.2 Å². The molecule has 3 rings (SSSR count). The number of aryl methyl sites for hydroxylation is 3. The van der Waals surface area contributed by atoms with E-state index < -0.39 is 0 Å². The number of nitrogens with one attached hydrogen (secondary N) is 1. The fourth-order valence-corrected chi connectivity index (χ4v) is 4.06. The average Bonchev–Trinajstić information content (AvgIpc) is 2.80. The summed E-state index contributed by atoms with van der Waals surface area (Å²) in [6.07, 6.45) is 12.3. The quantitative estimate of drug-likeness (QED) is 0.687.